The van der Waals surface area contributed by atoms with Crippen molar-refractivity contribution in [1.29, 1.82) is 0 Å². The first-order valence-corrected chi connectivity index (χ1v) is 9.53. The number of benzene rings is 1. The molecule has 0 saturated carbocycles. The van der Waals surface area contributed by atoms with Gasteiger partial charge in [0.2, 0.25) is 0 Å². The van der Waals surface area contributed by atoms with Gasteiger partial charge in [-0.2, -0.15) is 0 Å². The van der Waals surface area contributed by atoms with E-state index < -0.39 is 27.0 Å². The van der Waals surface area contributed by atoms with Gasteiger partial charge in [0.15, 0.2) is 0 Å². The van der Waals surface area contributed by atoms with Crippen molar-refractivity contribution in [3.8, 4) is 5.75 Å². The summed E-state index contributed by atoms with van der Waals surface area (Å²) in [6.07, 6.45) is 5.72. The molecular weight excluding hydrogens is 344 g/mol. The predicted octanol–water partition coefficient (Wildman–Crippen LogP) is 1.10. The number of hydrogen-bond acceptors (Lipinski definition) is 5. The normalized spacial score (nSPS) is 27.1. The smallest absolute Gasteiger partial charge is 0.335 e. The van der Waals surface area contributed by atoms with E-state index in [2.05, 4.69) is 0 Å². The van der Waals surface area contributed by atoms with Gasteiger partial charge < -0.3 is 9.84 Å². The first-order chi connectivity index (χ1) is 11.8. The molecule has 0 bridgehead atoms. The number of primary sulfonamides is 1. The molecule has 0 spiro atoms. The van der Waals surface area contributed by atoms with Gasteiger partial charge >= 0.3 is 5.97 Å². The van der Waals surface area contributed by atoms with E-state index in [1.165, 1.54) is 18.2 Å². The molecule has 134 valence electrons. The van der Waals surface area contributed by atoms with E-state index >= 15 is 0 Å². The summed E-state index contributed by atoms with van der Waals surface area (Å²) in [6, 6.07) is 7.69. The van der Waals surface area contributed by atoms with E-state index in [4.69, 9.17) is 9.88 Å². The van der Waals surface area contributed by atoms with Gasteiger partial charge in [0.25, 0.3) is 15.0 Å². The number of likely N-dealkylation sites (tertiary alicyclic amines) is 1. The molecule has 2 unspecified atom stereocenters. The van der Waals surface area contributed by atoms with Gasteiger partial charge in [-0.3, -0.25) is 4.90 Å². The van der Waals surface area contributed by atoms with Gasteiger partial charge in [-0.1, -0.05) is 18.2 Å². The minimum atomic E-state index is -4.21. The number of nitrogens with two attached hydrogens (primary N) is 1. The number of ether oxygens (including phenoxy) is 1. The van der Waals surface area contributed by atoms with Gasteiger partial charge in [-0.25, -0.2) is 18.4 Å². The topological polar surface area (TPSA) is 110 Å². The fourth-order valence-electron chi connectivity index (χ4n) is 3.26. The van der Waals surface area contributed by atoms with E-state index in [1.807, 2.05) is 4.90 Å². The second-order valence-corrected chi connectivity index (χ2v) is 7.86. The number of carbonyl (C=O) groups is 1. The molecule has 2 atom stereocenters. The van der Waals surface area contributed by atoms with Crippen molar-refractivity contribution in [2.24, 2.45) is 5.14 Å². The fraction of sp³-hybridized carbons (Fsp3) is 0.353. The molecule has 1 saturated heterocycles. The molecule has 1 fully saturated rings. The molecule has 1 aliphatic heterocycles. The Kier molecular flexibility index (Phi) is 4.68. The Labute approximate surface area is 146 Å². The lowest BCUT2D eigenvalue weighted by Gasteiger charge is -2.41. The molecule has 1 aliphatic carbocycles. The molecular formula is C17H20N2O5S. The summed E-state index contributed by atoms with van der Waals surface area (Å²) >= 11 is 0. The van der Waals surface area contributed by atoms with Gasteiger partial charge in [0.1, 0.15) is 5.75 Å². The molecule has 1 aromatic carbocycles. The molecule has 0 aromatic heterocycles. The van der Waals surface area contributed by atoms with Gasteiger partial charge in [0, 0.05) is 0 Å². The minimum absolute atomic E-state index is 0.0211. The molecule has 3 rings (SSSR count). The number of carboxylic acid groups (broad SMARTS) is 1. The lowest BCUT2D eigenvalue weighted by atomic mass is 9.97. The highest BCUT2D eigenvalue weighted by Crippen LogP contribution is 2.36. The van der Waals surface area contributed by atoms with Crippen LogP contribution in [0.3, 0.4) is 0 Å². The van der Waals surface area contributed by atoms with Crippen LogP contribution in [0.25, 0.3) is 0 Å². The van der Waals surface area contributed by atoms with Crippen molar-refractivity contribution >= 4 is 16.0 Å². The third-order valence-corrected chi connectivity index (χ3v) is 5.84. The van der Waals surface area contributed by atoms with Crippen LogP contribution < -0.4 is 9.88 Å². The number of rotatable bonds is 5. The highest BCUT2D eigenvalue weighted by molar-refractivity contribution is 7.90. The van der Waals surface area contributed by atoms with Crippen LogP contribution in [-0.4, -0.2) is 48.5 Å². The zero-order valence-electron chi connectivity index (χ0n) is 13.5. The molecule has 2 aliphatic rings. The molecule has 7 nitrogen and oxygen atoms in total. The van der Waals surface area contributed by atoms with Crippen LogP contribution in [0, 0.1) is 0 Å². The van der Waals surface area contributed by atoms with Crippen LogP contribution in [0.1, 0.15) is 12.8 Å². The van der Waals surface area contributed by atoms with Crippen molar-refractivity contribution in [2.45, 2.75) is 23.8 Å². The number of hydrogen-bond donors (Lipinski definition) is 2. The quantitative estimate of drug-likeness (QED) is 0.809. The fourth-order valence-corrected chi connectivity index (χ4v) is 4.28. The Balaban J connectivity index is 2.11. The molecule has 0 radical (unpaired) electrons. The van der Waals surface area contributed by atoms with Crippen molar-refractivity contribution in [1.82, 2.24) is 4.90 Å². The van der Waals surface area contributed by atoms with E-state index in [1.54, 1.807) is 30.3 Å². The lowest BCUT2D eigenvalue weighted by molar-refractivity contribution is -0.132. The van der Waals surface area contributed by atoms with E-state index in [0.29, 0.717) is 18.8 Å². The summed E-state index contributed by atoms with van der Waals surface area (Å²) in [5, 5.41) is 14.9. The monoisotopic (exact) mass is 364 g/mol. The number of aliphatic carboxylic acids is 1. The standard InChI is InChI=1S/C17H20N2O5S/c18-25(22,23)17(24-14-6-2-1-3-7-14)9-8-13(16(20)21)12-15(17)19-10-4-5-11-19/h1-3,6-9,12,15H,4-5,10-11H2,(H,20,21)(H2,18,22,23). The maximum atomic E-state index is 12.6. The third-order valence-electron chi connectivity index (χ3n) is 4.49. The average molecular weight is 364 g/mol. The predicted molar refractivity (Wildman–Crippen MR) is 92.4 cm³/mol. The lowest BCUT2D eigenvalue weighted by Crippen LogP contribution is -2.61. The van der Waals surface area contributed by atoms with Crippen molar-refractivity contribution < 1.29 is 23.1 Å². The maximum Gasteiger partial charge on any atom is 0.335 e. The van der Waals surface area contributed by atoms with Crippen LogP contribution in [0.5, 0.6) is 5.75 Å². The summed E-state index contributed by atoms with van der Waals surface area (Å²) in [7, 11) is -4.21. The third kappa shape index (κ3) is 3.33. The first kappa shape index (κ1) is 17.7. The minimum Gasteiger partial charge on any atom is -0.478 e. The average Bonchev–Trinajstić information content (AvgIpc) is 3.09. The number of sulfonamides is 1. The van der Waals surface area contributed by atoms with Crippen molar-refractivity contribution in [3.05, 3.63) is 54.1 Å². The highest BCUT2D eigenvalue weighted by Gasteiger charge is 2.53. The van der Waals surface area contributed by atoms with Crippen LogP contribution >= 0.6 is 0 Å². The van der Waals surface area contributed by atoms with Crippen LogP contribution in [0.2, 0.25) is 0 Å². The number of nitrogens with zero attached hydrogens (tertiary/aromatic N) is 1. The Morgan fingerprint density at radius 2 is 1.88 bits per heavy atom. The van der Waals surface area contributed by atoms with E-state index in [9.17, 15) is 18.3 Å². The SMILES string of the molecule is NS(=O)(=O)C1(Oc2ccccc2)C=CC(C(=O)O)=CC1N1CCCC1. The Morgan fingerprint density at radius 1 is 1.24 bits per heavy atom. The zero-order valence-corrected chi connectivity index (χ0v) is 14.4. The maximum absolute atomic E-state index is 12.6. The first-order valence-electron chi connectivity index (χ1n) is 7.98. The molecule has 1 heterocycles. The molecule has 8 heteroatoms. The van der Waals surface area contributed by atoms with Crippen LogP contribution in [0.4, 0.5) is 0 Å². The van der Waals surface area contributed by atoms with Crippen LogP contribution in [0.15, 0.2) is 54.1 Å². The number of para-hydroxylation sites is 1. The Morgan fingerprint density at radius 3 is 2.44 bits per heavy atom. The van der Waals surface area contributed by atoms with Crippen molar-refractivity contribution in [2.75, 3.05) is 13.1 Å². The van der Waals surface area contributed by atoms with E-state index in [0.717, 1.165) is 12.8 Å². The van der Waals surface area contributed by atoms with Gasteiger partial charge in [0.05, 0.1) is 11.6 Å². The highest BCUT2D eigenvalue weighted by atomic mass is 32.2. The second-order valence-electron chi connectivity index (χ2n) is 6.13. The van der Waals surface area contributed by atoms with Crippen molar-refractivity contribution in [3.63, 3.8) is 0 Å². The second kappa shape index (κ2) is 6.62. The molecule has 1 aromatic rings. The van der Waals surface area contributed by atoms with E-state index in [-0.39, 0.29) is 5.57 Å². The molecule has 25 heavy (non-hydrogen) atoms. The summed E-state index contributed by atoms with van der Waals surface area (Å²) in [5.74, 6) is -0.777. The zero-order chi connectivity index (χ0) is 18.1. The largest absolute Gasteiger partial charge is 0.478 e. The summed E-state index contributed by atoms with van der Waals surface area (Å²) in [5.41, 5.74) is 0.0211. The van der Waals surface area contributed by atoms with Crippen LogP contribution in [-0.2, 0) is 14.8 Å². The molecule has 3 N–H and O–H groups in total. The number of carboxylic acids is 1. The van der Waals surface area contributed by atoms with Gasteiger partial charge in [-0.15, -0.1) is 0 Å². The van der Waals surface area contributed by atoms with Gasteiger partial charge in [-0.05, 0) is 56.3 Å². The summed E-state index contributed by atoms with van der Waals surface area (Å²) in [6.45, 7) is 1.30. The molecule has 0 amide bonds. The Bertz CT molecular complexity index is 813. The Hall–Kier alpha value is -2.16. The summed E-state index contributed by atoms with van der Waals surface area (Å²) < 4.78 is 31.0. The summed E-state index contributed by atoms with van der Waals surface area (Å²) in [4.78, 5) is 11.4.